The summed E-state index contributed by atoms with van der Waals surface area (Å²) in [7, 11) is 0. The molecule has 0 radical (unpaired) electrons. The lowest BCUT2D eigenvalue weighted by Crippen LogP contribution is -1.99. The summed E-state index contributed by atoms with van der Waals surface area (Å²) < 4.78 is 5.48. The van der Waals surface area contributed by atoms with Crippen molar-refractivity contribution in [2.45, 2.75) is 13.8 Å². The Morgan fingerprint density at radius 2 is 2.14 bits per heavy atom. The van der Waals surface area contributed by atoms with E-state index < -0.39 is 4.92 Å². The van der Waals surface area contributed by atoms with Crippen LogP contribution in [0, 0.1) is 35.3 Å². The third-order valence-corrected chi connectivity index (χ3v) is 3.06. The van der Waals surface area contributed by atoms with Crippen LogP contribution in [-0.2, 0) is 0 Å². The molecule has 1 aromatic carbocycles. The molecule has 2 aromatic rings. The van der Waals surface area contributed by atoms with Crippen molar-refractivity contribution >= 4 is 17.3 Å². The molecule has 21 heavy (non-hydrogen) atoms. The van der Waals surface area contributed by atoms with E-state index in [1.165, 1.54) is 18.2 Å². The topological polar surface area (TPSA) is 89.0 Å². The number of rotatable bonds is 3. The number of nitrogens with zero attached hydrogens (tertiary/aromatic N) is 3. The van der Waals surface area contributed by atoms with E-state index >= 15 is 0 Å². The molecular weight excluding hydrogens is 294 g/mol. The zero-order valence-electron chi connectivity index (χ0n) is 11.3. The molecular formula is C14H10ClN3O3. The van der Waals surface area contributed by atoms with Crippen LogP contribution in [-0.4, -0.2) is 9.91 Å². The molecule has 0 unspecified atom stereocenters. The molecule has 2 rings (SSSR count). The minimum Gasteiger partial charge on any atom is -0.429 e. The molecule has 0 fully saturated rings. The maximum absolute atomic E-state index is 11.0. The van der Waals surface area contributed by atoms with E-state index in [1.807, 2.05) is 6.07 Å². The van der Waals surface area contributed by atoms with Crippen molar-refractivity contribution in [1.29, 1.82) is 5.26 Å². The van der Waals surface area contributed by atoms with Crippen LogP contribution >= 0.6 is 11.6 Å². The maximum Gasteiger partial charge on any atom is 0.313 e. The van der Waals surface area contributed by atoms with Gasteiger partial charge in [-0.2, -0.15) is 5.26 Å². The van der Waals surface area contributed by atoms with Gasteiger partial charge in [-0.05, 0) is 31.5 Å². The monoisotopic (exact) mass is 303 g/mol. The highest BCUT2D eigenvalue weighted by molar-refractivity contribution is 6.32. The van der Waals surface area contributed by atoms with Crippen LogP contribution in [0.2, 0.25) is 5.02 Å². The molecule has 0 aliphatic heterocycles. The van der Waals surface area contributed by atoms with Crippen molar-refractivity contribution in [2.75, 3.05) is 0 Å². The standard InChI is InChI=1S/C14H10ClN3O3/c1-8-6-9(2)17-14(10(8)7-16)21-13-11(15)4-3-5-12(13)18(19)20/h3-6H,1-2H3. The molecule has 0 N–H and O–H groups in total. The molecule has 106 valence electrons. The predicted octanol–water partition coefficient (Wildman–Crippen LogP) is 3.92. The number of pyridine rings is 1. The average Bonchev–Trinajstić information content (AvgIpc) is 2.40. The first-order chi connectivity index (χ1) is 9.93. The zero-order valence-corrected chi connectivity index (χ0v) is 12.0. The van der Waals surface area contributed by atoms with E-state index in [1.54, 1.807) is 19.9 Å². The van der Waals surface area contributed by atoms with E-state index in [0.717, 1.165) is 0 Å². The molecule has 0 saturated heterocycles. The minimum atomic E-state index is -0.601. The number of benzene rings is 1. The summed E-state index contributed by atoms with van der Waals surface area (Å²) in [5.41, 5.74) is 1.24. The Hall–Kier alpha value is -2.65. The summed E-state index contributed by atoms with van der Waals surface area (Å²) in [6, 6.07) is 7.90. The summed E-state index contributed by atoms with van der Waals surface area (Å²) >= 11 is 5.96. The van der Waals surface area contributed by atoms with Gasteiger partial charge in [-0.15, -0.1) is 0 Å². The Morgan fingerprint density at radius 3 is 2.76 bits per heavy atom. The van der Waals surface area contributed by atoms with Crippen LogP contribution in [0.4, 0.5) is 5.69 Å². The fourth-order valence-corrected chi connectivity index (χ4v) is 2.06. The second-order valence-electron chi connectivity index (χ2n) is 4.32. The van der Waals surface area contributed by atoms with Gasteiger partial charge < -0.3 is 4.74 Å². The van der Waals surface area contributed by atoms with Gasteiger partial charge in [0.15, 0.2) is 0 Å². The van der Waals surface area contributed by atoms with E-state index in [-0.39, 0.29) is 27.9 Å². The van der Waals surface area contributed by atoms with E-state index in [4.69, 9.17) is 16.3 Å². The van der Waals surface area contributed by atoms with Gasteiger partial charge in [0.1, 0.15) is 11.6 Å². The van der Waals surface area contributed by atoms with Gasteiger partial charge >= 0.3 is 5.69 Å². The highest BCUT2D eigenvalue weighted by Crippen LogP contribution is 2.38. The largest absolute Gasteiger partial charge is 0.429 e. The van der Waals surface area contributed by atoms with Gasteiger partial charge in [0.2, 0.25) is 11.6 Å². The van der Waals surface area contributed by atoms with Crippen LogP contribution in [0.1, 0.15) is 16.8 Å². The van der Waals surface area contributed by atoms with E-state index in [0.29, 0.717) is 11.3 Å². The molecule has 1 heterocycles. The van der Waals surface area contributed by atoms with E-state index in [9.17, 15) is 15.4 Å². The number of nitriles is 1. The lowest BCUT2D eigenvalue weighted by Gasteiger charge is -2.10. The fourth-order valence-electron chi connectivity index (χ4n) is 1.85. The van der Waals surface area contributed by atoms with E-state index in [2.05, 4.69) is 4.98 Å². The van der Waals surface area contributed by atoms with Crippen molar-refractivity contribution in [1.82, 2.24) is 4.98 Å². The summed E-state index contributed by atoms with van der Waals surface area (Å²) in [5, 5.41) is 20.3. The number of hydrogen-bond donors (Lipinski definition) is 0. The minimum absolute atomic E-state index is 0.00574. The second-order valence-corrected chi connectivity index (χ2v) is 4.73. The maximum atomic E-state index is 11.0. The average molecular weight is 304 g/mol. The van der Waals surface area contributed by atoms with Crippen LogP contribution in [0.3, 0.4) is 0 Å². The number of aromatic nitrogens is 1. The molecule has 0 saturated carbocycles. The number of hydrogen-bond acceptors (Lipinski definition) is 5. The molecule has 6 nitrogen and oxygen atoms in total. The smallest absolute Gasteiger partial charge is 0.313 e. The Bertz CT molecular complexity index is 769. The molecule has 0 aliphatic carbocycles. The van der Waals surface area contributed by atoms with Gasteiger partial charge in [0.25, 0.3) is 0 Å². The van der Waals surface area contributed by atoms with Crippen LogP contribution in [0.25, 0.3) is 0 Å². The number of para-hydroxylation sites is 1. The number of halogens is 1. The quantitative estimate of drug-likeness (QED) is 0.633. The first kappa shape index (κ1) is 14.8. The predicted molar refractivity (Wildman–Crippen MR) is 76.6 cm³/mol. The summed E-state index contributed by atoms with van der Waals surface area (Å²) in [6.45, 7) is 3.48. The summed E-state index contributed by atoms with van der Waals surface area (Å²) in [6.07, 6.45) is 0. The van der Waals surface area contributed by atoms with Crippen molar-refractivity contribution in [2.24, 2.45) is 0 Å². The SMILES string of the molecule is Cc1cc(C)c(C#N)c(Oc2c(Cl)cccc2[N+](=O)[O-])n1. The van der Waals surface area contributed by atoms with Crippen molar-refractivity contribution in [3.63, 3.8) is 0 Å². The highest BCUT2D eigenvalue weighted by Gasteiger charge is 2.21. The second kappa shape index (κ2) is 5.77. The van der Waals surface area contributed by atoms with Crippen LogP contribution in [0.5, 0.6) is 11.6 Å². The third kappa shape index (κ3) is 2.93. The van der Waals surface area contributed by atoms with Gasteiger partial charge in [-0.1, -0.05) is 17.7 Å². The first-order valence-electron chi connectivity index (χ1n) is 5.93. The Balaban J connectivity index is 2.59. The Labute approximate surface area is 125 Å². The van der Waals surface area contributed by atoms with Gasteiger partial charge in [-0.3, -0.25) is 10.1 Å². The third-order valence-electron chi connectivity index (χ3n) is 2.76. The molecule has 0 spiro atoms. The van der Waals surface area contributed by atoms with Crippen molar-refractivity contribution in [3.05, 3.63) is 56.2 Å². The lowest BCUT2D eigenvalue weighted by molar-refractivity contribution is -0.385. The Morgan fingerprint density at radius 1 is 1.43 bits per heavy atom. The first-order valence-corrected chi connectivity index (χ1v) is 6.31. The molecule has 0 atom stereocenters. The molecule has 7 heteroatoms. The number of ether oxygens (including phenoxy) is 1. The highest BCUT2D eigenvalue weighted by atomic mass is 35.5. The number of aryl methyl sites for hydroxylation is 2. The summed E-state index contributed by atoms with van der Waals surface area (Å²) in [4.78, 5) is 14.5. The molecule has 0 aliphatic rings. The van der Waals surface area contributed by atoms with Gasteiger partial charge in [0, 0.05) is 11.8 Å². The zero-order chi connectivity index (χ0) is 15.6. The van der Waals surface area contributed by atoms with Crippen molar-refractivity contribution in [3.8, 4) is 17.7 Å². The number of nitro groups is 1. The lowest BCUT2D eigenvalue weighted by atomic mass is 10.1. The molecule has 0 amide bonds. The fraction of sp³-hybridized carbons (Fsp3) is 0.143. The summed E-state index contributed by atoms with van der Waals surface area (Å²) in [5.74, 6) is -0.121. The van der Waals surface area contributed by atoms with Crippen LogP contribution < -0.4 is 4.74 Å². The van der Waals surface area contributed by atoms with Gasteiger partial charge in [-0.25, -0.2) is 4.98 Å². The Kier molecular flexibility index (Phi) is 4.05. The van der Waals surface area contributed by atoms with Crippen molar-refractivity contribution < 1.29 is 9.66 Å². The molecule has 0 bridgehead atoms. The normalized spacial score (nSPS) is 10.0. The van der Waals surface area contributed by atoms with Gasteiger partial charge in [0.05, 0.1) is 9.95 Å². The van der Waals surface area contributed by atoms with Crippen LogP contribution in [0.15, 0.2) is 24.3 Å². The number of nitro benzene ring substituents is 1. The molecule has 1 aromatic heterocycles.